The predicted molar refractivity (Wildman–Crippen MR) is 67.1 cm³/mol. The molecule has 0 fully saturated rings. The van der Waals surface area contributed by atoms with E-state index in [2.05, 4.69) is 15.0 Å². The second-order valence-corrected chi connectivity index (χ2v) is 4.25. The van der Waals surface area contributed by atoms with E-state index in [4.69, 9.17) is 0 Å². The molecule has 1 aromatic carbocycles. The Hall–Kier alpha value is -2.38. The quantitative estimate of drug-likeness (QED) is 0.818. The van der Waals surface area contributed by atoms with Gasteiger partial charge in [-0.25, -0.2) is 9.48 Å². The fraction of sp³-hybridized carbons (Fsp3) is 0.308. The zero-order chi connectivity index (χ0) is 15.6. The van der Waals surface area contributed by atoms with E-state index in [1.54, 1.807) is 19.1 Å². The van der Waals surface area contributed by atoms with Crippen LogP contribution in [0, 0.1) is 6.92 Å². The molecule has 0 aliphatic carbocycles. The lowest BCUT2D eigenvalue weighted by atomic mass is 10.2. The Morgan fingerprint density at radius 2 is 1.90 bits per heavy atom. The van der Waals surface area contributed by atoms with Crippen LogP contribution in [0.5, 0.6) is 0 Å². The third-order valence-electron chi connectivity index (χ3n) is 2.69. The highest BCUT2D eigenvalue weighted by Gasteiger charge is 2.42. The van der Waals surface area contributed by atoms with Crippen molar-refractivity contribution in [2.45, 2.75) is 20.0 Å². The minimum Gasteiger partial charge on any atom is -0.461 e. The fourth-order valence-corrected chi connectivity index (χ4v) is 1.74. The maximum Gasteiger partial charge on any atom is 0.436 e. The van der Waals surface area contributed by atoms with Gasteiger partial charge in [-0.3, -0.25) is 0 Å². The van der Waals surface area contributed by atoms with E-state index in [1.165, 1.54) is 19.1 Å². The van der Waals surface area contributed by atoms with Gasteiger partial charge in [0.15, 0.2) is 5.69 Å². The van der Waals surface area contributed by atoms with Gasteiger partial charge in [-0.1, -0.05) is 22.9 Å². The summed E-state index contributed by atoms with van der Waals surface area (Å²) in [6.45, 7) is 3.25. The van der Waals surface area contributed by atoms with Crippen LogP contribution >= 0.6 is 0 Å². The summed E-state index contributed by atoms with van der Waals surface area (Å²) in [6, 6.07) is 6.21. The van der Waals surface area contributed by atoms with Crippen LogP contribution in [0.2, 0.25) is 0 Å². The maximum atomic E-state index is 13.2. The van der Waals surface area contributed by atoms with Crippen molar-refractivity contribution in [3.05, 3.63) is 41.2 Å². The fourth-order valence-electron chi connectivity index (χ4n) is 1.74. The molecule has 21 heavy (non-hydrogen) atoms. The lowest BCUT2D eigenvalue weighted by Crippen LogP contribution is -2.18. The SMILES string of the molecule is CCOC(=O)c1nnn(-c2ccc(C)cc2)c1C(F)(F)F. The first kappa shape index (κ1) is 15.0. The van der Waals surface area contributed by atoms with Gasteiger partial charge in [0, 0.05) is 0 Å². The van der Waals surface area contributed by atoms with Crippen molar-refractivity contribution < 1.29 is 22.7 Å². The van der Waals surface area contributed by atoms with Crippen molar-refractivity contribution in [3.8, 4) is 5.69 Å². The monoisotopic (exact) mass is 299 g/mol. The van der Waals surface area contributed by atoms with Gasteiger partial charge in [0.25, 0.3) is 0 Å². The summed E-state index contributed by atoms with van der Waals surface area (Å²) in [7, 11) is 0. The molecular weight excluding hydrogens is 287 g/mol. The summed E-state index contributed by atoms with van der Waals surface area (Å²) in [5.74, 6) is -1.15. The lowest BCUT2D eigenvalue weighted by Gasteiger charge is -2.10. The second-order valence-electron chi connectivity index (χ2n) is 4.25. The number of rotatable bonds is 3. The molecule has 0 radical (unpaired) electrons. The molecule has 1 heterocycles. The standard InChI is InChI=1S/C13H12F3N3O2/c1-3-21-12(20)10-11(13(14,15)16)19(18-17-10)9-6-4-8(2)5-7-9/h4-7H,3H2,1-2H3. The van der Waals surface area contributed by atoms with Crippen molar-refractivity contribution in [1.82, 2.24) is 15.0 Å². The highest BCUT2D eigenvalue weighted by molar-refractivity contribution is 5.88. The van der Waals surface area contributed by atoms with Crippen molar-refractivity contribution in [1.29, 1.82) is 0 Å². The Labute approximate surface area is 118 Å². The number of aromatic nitrogens is 3. The summed E-state index contributed by atoms with van der Waals surface area (Å²) in [5, 5.41) is 6.75. The number of hydrogen-bond donors (Lipinski definition) is 0. The number of aryl methyl sites for hydroxylation is 1. The number of alkyl halides is 3. The second kappa shape index (κ2) is 5.55. The molecule has 0 unspecified atom stereocenters. The summed E-state index contributed by atoms with van der Waals surface area (Å²) in [6.07, 6.45) is -4.78. The van der Waals surface area contributed by atoms with Gasteiger partial charge >= 0.3 is 12.1 Å². The number of nitrogens with zero attached hydrogens (tertiary/aromatic N) is 3. The largest absolute Gasteiger partial charge is 0.461 e. The number of esters is 1. The van der Waals surface area contributed by atoms with Crippen LogP contribution in [0.15, 0.2) is 24.3 Å². The van der Waals surface area contributed by atoms with E-state index in [0.717, 1.165) is 5.56 Å². The van der Waals surface area contributed by atoms with Crippen molar-refractivity contribution in [2.75, 3.05) is 6.61 Å². The summed E-state index contributed by atoms with van der Waals surface area (Å²) >= 11 is 0. The molecule has 0 amide bonds. The molecule has 0 saturated carbocycles. The summed E-state index contributed by atoms with van der Waals surface area (Å²) < 4.78 is 44.8. The topological polar surface area (TPSA) is 57.0 Å². The smallest absolute Gasteiger partial charge is 0.436 e. The molecule has 0 aliphatic heterocycles. The van der Waals surface area contributed by atoms with E-state index in [1.807, 2.05) is 0 Å². The number of halogens is 3. The molecule has 0 atom stereocenters. The third kappa shape index (κ3) is 3.04. The average molecular weight is 299 g/mol. The Morgan fingerprint density at radius 1 is 1.29 bits per heavy atom. The Balaban J connectivity index is 2.57. The molecule has 0 spiro atoms. The van der Waals surface area contributed by atoms with E-state index >= 15 is 0 Å². The maximum absolute atomic E-state index is 13.2. The highest BCUT2D eigenvalue weighted by Crippen LogP contribution is 2.33. The van der Waals surface area contributed by atoms with Crippen LogP contribution in [0.3, 0.4) is 0 Å². The minimum absolute atomic E-state index is 0.0481. The predicted octanol–water partition coefficient (Wildman–Crippen LogP) is 2.77. The van der Waals surface area contributed by atoms with Crippen molar-refractivity contribution in [2.24, 2.45) is 0 Å². The first-order valence-electron chi connectivity index (χ1n) is 6.11. The summed E-state index contributed by atoms with van der Waals surface area (Å²) in [4.78, 5) is 11.6. The Kier molecular flexibility index (Phi) is 3.97. The normalized spacial score (nSPS) is 11.5. The Morgan fingerprint density at radius 3 is 2.43 bits per heavy atom. The number of hydrogen-bond acceptors (Lipinski definition) is 4. The van der Waals surface area contributed by atoms with Crippen LogP contribution in [0.4, 0.5) is 13.2 Å². The Bertz CT molecular complexity index is 648. The molecule has 8 heteroatoms. The van der Waals surface area contributed by atoms with Gasteiger partial charge in [-0.05, 0) is 26.0 Å². The van der Waals surface area contributed by atoms with E-state index in [-0.39, 0.29) is 12.3 Å². The third-order valence-corrected chi connectivity index (χ3v) is 2.69. The van der Waals surface area contributed by atoms with E-state index < -0.39 is 23.5 Å². The summed E-state index contributed by atoms with van der Waals surface area (Å²) in [5.41, 5.74) is -1.04. The van der Waals surface area contributed by atoms with Crippen molar-refractivity contribution >= 4 is 5.97 Å². The van der Waals surface area contributed by atoms with Crippen LogP contribution in [0.25, 0.3) is 5.69 Å². The number of carbonyl (C=O) groups excluding carboxylic acids is 1. The highest BCUT2D eigenvalue weighted by atomic mass is 19.4. The number of carbonyl (C=O) groups is 1. The molecule has 2 aromatic rings. The van der Waals surface area contributed by atoms with Gasteiger partial charge in [-0.15, -0.1) is 5.10 Å². The van der Waals surface area contributed by atoms with Crippen molar-refractivity contribution in [3.63, 3.8) is 0 Å². The van der Waals surface area contributed by atoms with Crippen LogP contribution in [-0.2, 0) is 10.9 Å². The molecule has 0 N–H and O–H groups in total. The van der Waals surface area contributed by atoms with Gasteiger partial charge in [0.1, 0.15) is 0 Å². The number of benzene rings is 1. The molecule has 0 aliphatic rings. The van der Waals surface area contributed by atoms with Crippen LogP contribution in [-0.4, -0.2) is 27.6 Å². The first-order valence-corrected chi connectivity index (χ1v) is 6.11. The van der Waals surface area contributed by atoms with Gasteiger partial charge in [-0.2, -0.15) is 13.2 Å². The van der Waals surface area contributed by atoms with Crippen LogP contribution in [0.1, 0.15) is 28.7 Å². The molecule has 0 saturated heterocycles. The lowest BCUT2D eigenvalue weighted by molar-refractivity contribution is -0.143. The first-order chi connectivity index (χ1) is 9.84. The average Bonchev–Trinajstić information content (AvgIpc) is 2.84. The molecule has 5 nitrogen and oxygen atoms in total. The molecular formula is C13H12F3N3O2. The van der Waals surface area contributed by atoms with Gasteiger partial charge in [0.05, 0.1) is 12.3 Å². The zero-order valence-electron chi connectivity index (χ0n) is 11.3. The minimum atomic E-state index is -4.78. The van der Waals surface area contributed by atoms with E-state index in [9.17, 15) is 18.0 Å². The van der Waals surface area contributed by atoms with E-state index in [0.29, 0.717) is 4.68 Å². The van der Waals surface area contributed by atoms with Gasteiger partial charge < -0.3 is 4.74 Å². The molecule has 0 bridgehead atoms. The molecule has 1 aromatic heterocycles. The van der Waals surface area contributed by atoms with Crippen LogP contribution < -0.4 is 0 Å². The molecule has 112 valence electrons. The number of ether oxygens (including phenoxy) is 1. The van der Waals surface area contributed by atoms with Gasteiger partial charge in [0.2, 0.25) is 5.69 Å². The molecule has 2 rings (SSSR count). The zero-order valence-corrected chi connectivity index (χ0v) is 11.3.